The Hall–Kier alpha value is -1.39. The van der Waals surface area contributed by atoms with Crippen molar-refractivity contribution in [3.63, 3.8) is 0 Å². The van der Waals surface area contributed by atoms with Crippen molar-refractivity contribution in [1.82, 2.24) is 0 Å². The zero-order valence-electron chi connectivity index (χ0n) is 14.2. The van der Waals surface area contributed by atoms with Gasteiger partial charge in [-0.05, 0) is 18.4 Å². The monoisotopic (exact) mass is 318 g/mol. The van der Waals surface area contributed by atoms with Gasteiger partial charge in [0, 0.05) is 12.3 Å². The predicted octanol–water partition coefficient (Wildman–Crippen LogP) is 2.46. The fourth-order valence-corrected chi connectivity index (χ4v) is 4.12. The summed E-state index contributed by atoms with van der Waals surface area (Å²) in [5, 5.41) is 11.4. The molecule has 0 aromatic heterocycles. The summed E-state index contributed by atoms with van der Waals surface area (Å²) >= 11 is 0. The van der Waals surface area contributed by atoms with Crippen molar-refractivity contribution in [2.24, 2.45) is 5.92 Å². The number of likely N-dealkylation sites (N-methyl/N-ethyl adjacent to an activating group) is 1. The highest BCUT2D eigenvalue weighted by Crippen LogP contribution is 2.42. The highest BCUT2D eigenvalue weighted by molar-refractivity contribution is 5.81. The van der Waals surface area contributed by atoms with Gasteiger partial charge in [0.2, 0.25) is 0 Å². The van der Waals surface area contributed by atoms with Crippen molar-refractivity contribution >= 4 is 5.97 Å². The van der Waals surface area contributed by atoms with Crippen LogP contribution in [0.5, 0.6) is 0 Å². The number of likely N-dealkylation sites (tertiary alicyclic amines) is 1. The van der Waals surface area contributed by atoms with Crippen LogP contribution < -0.4 is 0 Å². The number of nitrogens with zero attached hydrogens (tertiary/aromatic N) is 1. The Labute approximate surface area is 138 Å². The fraction of sp³-hybridized carbons (Fsp3) is 0.632. The van der Waals surface area contributed by atoms with E-state index in [4.69, 9.17) is 4.74 Å². The molecule has 0 spiro atoms. The standard InChI is InChI=1S/C19H28NO3/c1-20(2)13-12-17(14-20)23-18(21)19(22,16-10-6-7-11-16)15-8-4-3-5-9-15/h3-5,8-9,16-17,22H,6-7,10-14H2,1-2H3/q+1/t17-,19?/m1/s1. The van der Waals surface area contributed by atoms with Crippen molar-refractivity contribution in [3.05, 3.63) is 35.9 Å². The lowest BCUT2D eigenvalue weighted by Gasteiger charge is -2.33. The third-order valence-electron chi connectivity index (χ3n) is 5.50. The maximum Gasteiger partial charge on any atom is 0.343 e. The lowest BCUT2D eigenvalue weighted by Crippen LogP contribution is -2.46. The molecule has 1 aliphatic heterocycles. The predicted molar refractivity (Wildman–Crippen MR) is 88.6 cm³/mol. The first-order valence-electron chi connectivity index (χ1n) is 8.73. The van der Waals surface area contributed by atoms with E-state index in [0.29, 0.717) is 5.56 Å². The molecule has 1 unspecified atom stereocenters. The maximum absolute atomic E-state index is 12.9. The molecule has 0 bridgehead atoms. The molecule has 1 aromatic carbocycles. The van der Waals surface area contributed by atoms with Crippen LogP contribution in [0.4, 0.5) is 0 Å². The first-order chi connectivity index (χ1) is 10.9. The van der Waals surface area contributed by atoms with E-state index in [-0.39, 0.29) is 12.0 Å². The molecule has 4 nitrogen and oxygen atoms in total. The molecule has 2 aliphatic rings. The van der Waals surface area contributed by atoms with Crippen LogP contribution in [0.2, 0.25) is 0 Å². The van der Waals surface area contributed by atoms with Crippen LogP contribution in [0.1, 0.15) is 37.7 Å². The van der Waals surface area contributed by atoms with Crippen LogP contribution in [0.3, 0.4) is 0 Å². The van der Waals surface area contributed by atoms with E-state index in [1.54, 1.807) is 0 Å². The first kappa shape index (κ1) is 16.5. The third-order valence-corrected chi connectivity index (χ3v) is 5.50. The first-order valence-corrected chi connectivity index (χ1v) is 8.73. The van der Waals surface area contributed by atoms with E-state index in [0.717, 1.165) is 49.7 Å². The minimum Gasteiger partial charge on any atom is -0.454 e. The number of quaternary nitrogens is 1. The highest BCUT2D eigenvalue weighted by Gasteiger charge is 2.49. The molecule has 1 saturated heterocycles. The Kier molecular flexibility index (Phi) is 4.47. The molecule has 1 aromatic rings. The van der Waals surface area contributed by atoms with Gasteiger partial charge in [-0.25, -0.2) is 4.79 Å². The van der Waals surface area contributed by atoms with Crippen LogP contribution in [0.25, 0.3) is 0 Å². The van der Waals surface area contributed by atoms with Gasteiger partial charge in [-0.1, -0.05) is 43.2 Å². The van der Waals surface area contributed by atoms with Gasteiger partial charge in [0.05, 0.1) is 20.6 Å². The lowest BCUT2D eigenvalue weighted by molar-refractivity contribution is -0.879. The second-order valence-corrected chi connectivity index (χ2v) is 7.77. The Morgan fingerprint density at radius 2 is 1.83 bits per heavy atom. The highest BCUT2D eigenvalue weighted by atomic mass is 16.6. The molecule has 1 heterocycles. The van der Waals surface area contributed by atoms with Gasteiger partial charge in [0.25, 0.3) is 0 Å². The normalized spacial score (nSPS) is 26.8. The molecule has 1 N–H and O–H groups in total. The second kappa shape index (κ2) is 6.25. The van der Waals surface area contributed by atoms with Gasteiger partial charge < -0.3 is 14.3 Å². The molecule has 23 heavy (non-hydrogen) atoms. The number of hydrogen-bond donors (Lipinski definition) is 1. The van der Waals surface area contributed by atoms with Crippen molar-refractivity contribution in [1.29, 1.82) is 0 Å². The zero-order chi connectivity index (χ0) is 16.5. The van der Waals surface area contributed by atoms with Crippen LogP contribution in [-0.2, 0) is 15.1 Å². The summed E-state index contributed by atoms with van der Waals surface area (Å²) in [4.78, 5) is 12.9. The number of esters is 1. The molecule has 2 fully saturated rings. The summed E-state index contributed by atoms with van der Waals surface area (Å²) in [6.45, 7) is 1.83. The summed E-state index contributed by atoms with van der Waals surface area (Å²) in [6.07, 6.45) is 4.68. The second-order valence-electron chi connectivity index (χ2n) is 7.77. The Morgan fingerprint density at radius 3 is 2.39 bits per heavy atom. The molecule has 2 atom stereocenters. The van der Waals surface area contributed by atoms with E-state index >= 15 is 0 Å². The zero-order valence-corrected chi connectivity index (χ0v) is 14.2. The quantitative estimate of drug-likeness (QED) is 0.685. The van der Waals surface area contributed by atoms with Crippen LogP contribution in [0.15, 0.2) is 30.3 Å². The number of carbonyl (C=O) groups is 1. The van der Waals surface area contributed by atoms with E-state index in [9.17, 15) is 9.90 Å². The molecule has 0 amide bonds. The number of aliphatic hydroxyl groups is 1. The Balaban J connectivity index is 1.82. The molecule has 4 heteroatoms. The van der Waals surface area contributed by atoms with Gasteiger partial charge in [-0.2, -0.15) is 0 Å². The summed E-state index contributed by atoms with van der Waals surface area (Å²) < 4.78 is 6.64. The summed E-state index contributed by atoms with van der Waals surface area (Å²) in [6, 6.07) is 9.33. The van der Waals surface area contributed by atoms with Crippen molar-refractivity contribution < 1.29 is 19.1 Å². The molecule has 1 aliphatic carbocycles. The van der Waals surface area contributed by atoms with E-state index in [1.165, 1.54) is 0 Å². The van der Waals surface area contributed by atoms with Crippen LogP contribution >= 0.6 is 0 Å². The number of carbonyl (C=O) groups excluding carboxylic acids is 1. The van der Waals surface area contributed by atoms with Gasteiger partial charge in [0.1, 0.15) is 6.54 Å². The summed E-state index contributed by atoms with van der Waals surface area (Å²) in [5.41, 5.74) is -0.832. The van der Waals surface area contributed by atoms with Gasteiger partial charge in [-0.15, -0.1) is 0 Å². The van der Waals surface area contributed by atoms with E-state index < -0.39 is 11.6 Å². The average Bonchev–Trinajstić information content (AvgIpc) is 3.17. The number of benzene rings is 1. The number of ether oxygens (including phenoxy) is 1. The maximum atomic E-state index is 12.9. The van der Waals surface area contributed by atoms with Crippen molar-refractivity contribution in [2.45, 2.75) is 43.8 Å². The minimum atomic E-state index is -1.50. The lowest BCUT2D eigenvalue weighted by atomic mass is 9.80. The third kappa shape index (κ3) is 3.29. The smallest absolute Gasteiger partial charge is 0.343 e. The van der Waals surface area contributed by atoms with Gasteiger partial charge in [-0.3, -0.25) is 0 Å². The average molecular weight is 318 g/mol. The fourth-order valence-electron chi connectivity index (χ4n) is 4.12. The minimum absolute atomic E-state index is 0.0405. The Morgan fingerprint density at radius 1 is 1.17 bits per heavy atom. The number of rotatable bonds is 4. The Bertz CT molecular complexity index is 551. The van der Waals surface area contributed by atoms with Crippen LogP contribution in [0, 0.1) is 5.92 Å². The molecule has 126 valence electrons. The van der Waals surface area contributed by atoms with Crippen molar-refractivity contribution in [2.75, 3.05) is 27.2 Å². The topological polar surface area (TPSA) is 46.5 Å². The van der Waals surface area contributed by atoms with E-state index in [2.05, 4.69) is 14.1 Å². The summed E-state index contributed by atoms with van der Waals surface area (Å²) in [7, 11) is 4.29. The molecule has 1 saturated carbocycles. The van der Waals surface area contributed by atoms with Crippen LogP contribution in [-0.4, -0.2) is 48.8 Å². The molecule has 3 rings (SSSR count). The van der Waals surface area contributed by atoms with Gasteiger partial charge >= 0.3 is 5.97 Å². The molecule has 0 radical (unpaired) electrons. The van der Waals surface area contributed by atoms with E-state index in [1.807, 2.05) is 30.3 Å². The summed E-state index contributed by atoms with van der Waals surface area (Å²) in [5.74, 6) is -0.496. The largest absolute Gasteiger partial charge is 0.454 e. The molecular formula is C19H28NO3+. The SMILES string of the molecule is C[N+]1(C)CC[C@@H](OC(=O)C(O)(c2ccccc2)C2CCCC2)C1. The van der Waals surface area contributed by atoms with Crippen molar-refractivity contribution in [3.8, 4) is 0 Å². The number of hydrogen-bond acceptors (Lipinski definition) is 3. The van der Waals surface area contributed by atoms with Gasteiger partial charge in [0.15, 0.2) is 11.7 Å². The molecular weight excluding hydrogens is 290 g/mol.